The lowest BCUT2D eigenvalue weighted by Crippen LogP contribution is -2.50. The first kappa shape index (κ1) is 13.4. The van der Waals surface area contributed by atoms with Crippen molar-refractivity contribution in [1.82, 2.24) is 4.90 Å². The smallest absolute Gasteiger partial charge is 0.338 e. The summed E-state index contributed by atoms with van der Waals surface area (Å²) in [6.07, 6.45) is 1.49. The molecule has 3 heterocycles. The maximum Gasteiger partial charge on any atom is 0.338 e. The van der Waals surface area contributed by atoms with Crippen molar-refractivity contribution in [2.45, 2.75) is 30.6 Å². The van der Waals surface area contributed by atoms with E-state index in [1.165, 1.54) is 5.57 Å². The molecule has 0 aromatic heterocycles. The number of carbonyl (C=O) groups is 1. The number of aliphatic hydroxyl groups is 1. The van der Waals surface area contributed by atoms with Gasteiger partial charge in [0.25, 0.3) is 0 Å². The van der Waals surface area contributed by atoms with Crippen molar-refractivity contribution in [1.29, 1.82) is 0 Å². The number of benzene rings is 1. The average Bonchev–Trinajstić information content (AvgIpc) is 3.13. The third-order valence-electron chi connectivity index (χ3n) is 5.39. The first-order valence-corrected chi connectivity index (χ1v) is 7.87. The largest absolute Gasteiger partial charge is 0.455 e. The number of nitrogens with zero attached hydrogens (tertiary/aromatic N) is 1. The van der Waals surface area contributed by atoms with E-state index in [4.69, 9.17) is 14.2 Å². The van der Waals surface area contributed by atoms with Gasteiger partial charge in [0, 0.05) is 18.5 Å². The molecule has 1 unspecified atom stereocenters. The second-order valence-electron chi connectivity index (χ2n) is 6.60. The first-order valence-electron chi connectivity index (χ1n) is 7.87. The Balaban J connectivity index is 1.70. The van der Waals surface area contributed by atoms with E-state index in [0.29, 0.717) is 17.1 Å². The SMILES string of the molecule is CN1CCC2=C[C@H](O)[C@@H]3OC(=O)c4cc5c(cc4[C@H]3C21)OCO5. The first-order chi connectivity index (χ1) is 11.1. The molecule has 1 N–H and O–H groups in total. The Labute approximate surface area is 133 Å². The Morgan fingerprint density at radius 1 is 1.26 bits per heavy atom. The van der Waals surface area contributed by atoms with Gasteiger partial charge < -0.3 is 19.3 Å². The van der Waals surface area contributed by atoms with Crippen LogP contribution >= 0.6 is 0 Å². The lowest BCUT2D eigenvalue weighted by molar-refractivity contribution is -0.0336. The highest BCUT2D eigenvalue weighted by molar-refractivity contribution is 5.94. The number of likely N-dealkylation sites (N-methyl/N-ethyl adjacent to an activating group) is 1. The van der Waals surface area contributed by atoms with E-state index in [9.17, 15) is 9.90 Å². The number of likely N-dealkylation sites (tertiary alicyclic amines) is 1. The Kier molecular flexibility index (Phi) is 2.61. The molecule has 6 heteroatoms. The summed E-state index contributed by atoms with van der Waals surface area (Å²) in [6, 6.07) is 3.74. The fourth-order valence-electron chi connectivity index (χ4n) is 4.36. The number of aliphatic hydroxyl groups excluding tert-OH is 1. The van der Waals surface area contributed by atoms with E-state index in [1.807, 2.05) is 12.1 Å². The van der Waals surface area contributed by atoms with Crippen LogP contribution in [0.2, 0.25) is 0 Å². The molecule has 1 aromatic rings. The molecule has 120 valence electrons. The lowest BCUT2D eigenvalue weighted by atomic mass is 9.74. The number of ether oxygens (including phenoxy) is 3. The lowest BCUT2D eigenvalue weighted by Gasteiger charge is -2.43. The molecular formula is C17H17NO5. The summed E-state index contributed by atoms with van der Waals surface area (Å²) in [5.41, 5.74) is 2.63. The van der Waals surface area contributed by atoms with Gasteiger partial charge in [-0.05, 0) is 31.2 Å². The Hall–Kier alpha value is -2.05. The van der Waals surface area contributed by atoms with Gasteiger partial charge in [0.2, 0.25) is 6.79 Å². The predicted molar refractivity (Wildman–Crippen MR) is 79.6 cm³/mol. The van der Waals surface area contributed by atoms with Crippen molar-refractivity contribution in [3.05, 3.63) is 34.9 Å². The van der Waals surface area contributed by atoms with E-state index >= 15 is 0 Å². The van der Waals surface area contributed by atoms with Crippen LogP contribution in [-0.4, -0.2) is 54.6 Å². The second kappa shape index (κ2) is 4.49. The summed E-state index contributed by atoms with van der Waals surface area (Å²) < 4.78 is 16.4. The molecule has 4 atom stereocenters. The molecule has 4 aliphatic rings. The predicted octanol–water partition coefficient (Wildman–Crippen LogP) is 1.04. The van der Waals surface area contributed by atoms with E-state index in [1.54, 1.807) is 6.07 Å². The maximum atomic E-state index is 12.4. The van der Waals surface area contributed by atoms with Crippen LogP contribution < -0.4 is 9.47 Å². The van der Waals surface area contributed by atoms with Crippen molar-refractivity contribution in [2.24, 2.45) is 0 Å². The number of hydrogen-bond acceptors (Lipinski definition) is 6. The topological polar surface area (TPSA) is 68.2 Å². The number of hydrogen-bond donors (Lipinski definition) is 1. The zero-order chi connectivity index (χ0) is 15.7. The highest BCUT2D eigenvalue weighted by Gasteiger charge is 2.50. The molecule has 1 fully saturated rings. The van der Waals surface area contributed by atoms with Crippen LogP contribution in [0, 0.1) is 0 Å². The van der Waals surface area contributed by atoms with Gasteiger partial charge in [-0.3, -0.25) is 4.90 Å². The molecule has 0 bridgehead atoms. The highest BCUT2D eigenvalue weighted by Crippen LogP contribution is 2.48. The quantitative estimate of drug-likeness (QED) is 0.570. The summed E-state index contributed by atoms with van der Waals surface area (Å²) in [5, 5.41) is 10.4. The maximum absolute atomic E-state index is 12.4. The molecule has 0 saturated carbocycles. The van der Waals surface area contributed by atoms with Crippen molar-refractivity contribution < 1.29 is 24.1 Å². The minimum absolute atomic E-state index is 0.0836. The van der Waals surface area contributed by atoms with Crippen LogP contribution in [0.4, 0.5) is 0 Å². The number of rotatable bonds is 0. The van der Waals surface area contributed by atoms with Crippen molar-refractivity contribution in [3.8, 4) is 11.5 Å². The normalized spacial score (nSPS) is 34.3. The number of fused-ring (bicyclic) bond motifs is 6. The van der Waals surface area contributed by atoms with Gasteiger partial charge in [-0.1, -0.05) is 11.6 Å². The number of esters is 1. The van der Waals surface area contributed by atoms with Crippen molar-refractivity contribution in [2.75, 3.05) is 20.4 Å². The minimum atomic E-state index is -0.764. The molecule has 1 saturated heterocycles. The van der Waals surface area contributed by atoms with Gasteiger partial charge in [0.05, 0.1) is 5.56 Å². The molecular weight excluding hydrogens is 298 g/mol. The third kappa shape index (κ3) is 1.73. The van der Waals surface area contributed by atoms with Gasteiger partial charge in [-0.25, -0.2) is 4.79 Å². The van der Waals surface area contributed by atoms with E-state index in [2.05, 4.69) is 11.9 Å². The van der Waals surface area contributed by atoms with Crippen LogP contribution in [0.5, 0.6) is 11.5 Å². The van der Waals surface area contributed by atoms with Crippen LogP contribution in [0.15, 0.2) is 23.8 Å². The zero-order valence-electron chi connectivity index (χ0n) is 12.7. The fraction of sp³-hybridized carbons (Fsp3) is 0.471. The van der Waals surface area contributed by atoms with Gasteiger partial charge in [-0.15, -0.1) is 0 Å². The van der Waals surface area contributed by atoms with E-state index in [-0.39, 0.29) is 18.8 Å². The van der Waals surface area contributed by atoms with Gasteiger partial charge >= 0.3 is 5.97 Å². The molecule has 1 aliphatic carbocycles. The van der Waals surface area contributed by atoms with Gasteiger partial charge in [0.1, 0.15) is 12.2 Å². The Morgan fingerprint density at radius 3 is 2.87 bits per heavy atom. The fourth-order valence-corrected chi connectivity index (χ4v) is 4.36. The molecule has 1 aromatic carbocycles. The molecule has 0 radical (unpaired) electrons. The zero-order valence-corrected chi connectivity index (χ0v) is 12.7. The Morgan fingerprint density at radius 2 is 2.04 bits per heavy atom. The third-order valence-corrected chi connectivity index (χ3v) is 5.39. The van der Waals surface area contributed by atoms with Crippen LogP contribution in [0.1, 0.15) is 28.3 Å². The standard InChI is InChI=1S/C17H17NO5/c1-18-3-2-8-4-11(19)16-14(15(8)18)9-5-12-13(22-7-21-12)6-10(9)17(20)23-16/h4-6,11,14-16,19H,2-3,7H2,1H3/t11-,14-,15?,16-/m0/s1. The van der Waals surface area contributed by atoms with Crippen LogP contribution in [0.25, 0.3) is 0 Å². The molecule has 6 nitrogen and oxygen atoms in total. The summed E-state index contributed by atoms with van der Waals surface area (Å²) in [4.78, 5) is 14.7. The average molecular weight is 315 g/mol. The summed E-state index contributed by atoms with van der Waals surface area (Å²) in [6.45, 7) is 1.11. The van der Waals surface area contributed by atoms with Crippen molar-refractivity contribution >= 4 is 5.97 Å². The number of carbonyl (C=O) groups excluding carboxylic acids is 1. The highest BCUT2D eigenvalue weighted by atomic mass is 16.7. The van der Waals surface area contributed by atoms with Gasteiger partial charge in [0.15, 0.2) is 11.5 Å². The van der Waals surface area contributed by atoms with Crippen molar-refractivity contribution in [3.63, 3.8) is 0 Å². The second-order valence-corrected chi connectivity index (χ2v) is 6.60. The summed E-state index contributed by atoms with van der Waals surface area (Å²) >= 11 is 0. The molecule has 0 amide bonds. The van der Waals surface area contributed by atoms with Crippen LogP contribution in [-0.2, 0) is 4.74 Å². The summed E-state index contributed by atoms with van der Waals surface area (Å²) in [5.74, 6) is 0.741. The molecule has 23 heavy (non-hydrogen) atoms. The Bertz CT molecular complexity index is 743. The summed E-state index contributed by atoms with van der Waals surface area (Å²) in [7, 11) is 2.07. The van der Waals surface area contributed by atoms with Gasteiger partial charge in [-0.2, -0.15) is 0 Å². The minimum Gasteiger partial charge on any atom is -0.455 e. The van der Waals surface area contributed by atoms with E-state index in [0.717, 1.165) is 18.5 Å². The molecule has 3 aliphatic heterocycles. The monoisotopic (exact) mass is 315 g/mol. The van der Waals surface area contributed by atoms with Crippen LogP contribution in [0.3, 0.4) is 0 Å². The van der Waals surface area contributed by atoms with E-state index < -0.39 is 18.2 Å². The molecule has 5 rings (SSSR count). The molecule has 0 spiro atoms.